The minimum atomic E-state index is -0.0545. The number of halogens is 1. The fourth-order valence-corrected chi connectivity index (χ4v) is 3.27. The molecule has 0 bridgehead atoms. The highest BCUT2D eigenvalue weighted by molar-refractivity contribution is 9.10. The van der Waals surface area contributed by atoms with Crippen LogP contribution in [0, 0.1) is 6.92 Å². The third-order valence-electron chi connectivity index (χ3n) is 3.35. The van der Waals surface area contributed by atoms with Gasteiger partial charge < -0.3 is 5.32 Å². The molecule has 0 unspecified atom stereocenters. The van der Waals surface area contributed by atoms with Crippen molar-refractivity contribution in [2.45, 2.75) is 12.1 Å². The van der Waals surface area contributed by atoms with E-state index in [1.165, 1.54) is 17.3 Å². The van der Waals surface area contributed by atoms with Crippen LogP contribution in [0.3, 0.4) is 0 Å². The molecule has 4 nitrogen and oxygen atoms in total. The number of thioether (sulfide) groups is 1. The Bertz CT molecular complexity index is 845. The lowest BCUT2D eigenvalue weighted by Crippen LogP contribution is -2.14. The molecule has 6 heteroatoms. The second kappa shape index (κ2) is 7.68. The van der Waals surface area contributed by atoms with Crippen LogP contribution in [0.5, 0.6) is 0 Å². The van der Waals surface area contributed by atoms with Crippen molar-refractivity contribution in [1.29, 1.82) is 0 Å². The van der Waals surface area contributed by atoms with Crippen LogP contribution in [-0.4, -0.2) is 21.2 Å². The SMILES string of the molecule is Cc1cccc(-n2ccnc2SCC(=O)Nc2ccc(Br)cc2)c1. The third-order valence-corrected chi connectivity index (χ3v) is 4.84. The molecule has 122 valence electrons. The normalized spacial score (nSPS) is 10.6. The number of hydrogen-bond acceptors (Lipinski definition) is 3. The fourth-order valence-electron chi connectivity index (χ4n) is 2.23. The average Bonchev–Trinajstić information content (AvgIpc) is 3.04. The first kappa shape index (κ1) is 16.8. The number of rotatable bonds is 5. The van der Waals surface area contributed by atoms with Gasteiger partial charge in [-0.2, -0.15) is 0 Å². The van der Waals surface area contributed by atoms with Crippen molar-refractivity contribution in [3.63, 3.8) is 0 Å². The van der Waals surface area contributed by atoms with Gasteiger partial charge >= 0.3 is 0 Å². The first-order valence-electron chi connectivity index (χ1n) is 7.40. The number of nitrogens with one attached hydrogen (secondary N) is 1. The number of amides is 1. The maximum absolute atomic E-state index is 12.1. The number of imidazole rings is 1. The predicted octanol–water partition coefficient (Wildman–Crippen LogP) is 4.67. The molecule has 1 aromatic heterocycles. The van der Waals surface area contributed by atoms with Crippen molar-refractivity contribution in [2.75, 3.05) is 11.1 Å². The molecule has 0 aliphatic carbocycles. The summed E-state index contributed by atoms with van der Waals surface area (Å²) in [6.45, 7) is 2.05. The highest BCUT2D eigenvalue weighted by atomic mass is 79.9. The lowest BCUT2D eigenvalue weighted by molar-refractivity contribution is -0.113. The molecule has 0 saturated heterocycles. The van der Waals surface area contributed by atoms with Crippen LogP contribution in [0.25, 0.3) is 5.69 Å². The summed E-state index contributed by atoms with van der Waals surface area (Å²) in [7, 11) is 0. The summed E-state index contributed by atoms with van der Waals surface area (Å²) >= 11 is 4.79. The third kappa shape index (κ3) is 4.27. The Kier molecular flexibility index (Phi) is 5.37. The molecule has 0 aliphatic rings. The van der Waals surface area contributed by atoms with Crippen molar-refractivity contribution in [2.24, 2.45) is 0 Å². The van der Waals surface area contributed by atoms with E-state index in [0.29, 0.717) is 5.75 Å². The number of benzene rings is 2. The van der Waals surface area contributed by atoms with Gasteiger partial charge in [0.25, 0.3) is 0 Å². The molecule has 1 amide bonds. The number of nitrogens with zero attached hydrogens (tertiary/aromatic N) is 2. The standard InChI is InChI=1S/C18H16BrN3OS/c1-13-3-2-4-16(11-13)22-10-9-20-18(22)24-12-17(23)21-15-7-5-14(19)6-8-15/h2-11H,12H2,1H3,(H,21,23). The molecule has 24 heavy (non-hydrogen) atoms. The summed E-state index contributed by atoms with van der Waals surface area (Å²) in [5, 5.41) is 3.68. The zero-order chi connectivity index (χ0) is 16.9. The van der Waals surface area contributed by atoms with Crippen LogP contribution in [0.15, 0.2) is 70.6 Å². The summed E-state index contributed by atoms with van der Waals surface area (Å²) in [5.74, 6) is 0.250. The maximum Gasteiger partial charge on any atom is 0.234 e. The van der Waals surface area contributed by atoms with Gasteiger partial charge in [-0.1, -0.05) is 39.8 Å². The van der Waals surface area contributed by atoms with E-state index in [4.69, 9.17) is 0 Å². The minimum absolute atomic E-state index is 0.0545. The van der Waals surface area contributed by atoms with E-state index in [1.807, 2.05) is 47.2 Å². The quantitative estimate of drug-likeness (QED) is 0.631. The summed E-state index contributed by atoms with van der Waals surface area (Å²) in [4.78, 5) is 16.5. The summed E-state index contributed by atoms with van der Waals surface area (Å²) in [6, 6.07) is 15.7. The van der Waals surface area contributed by atoms with E-state index >= 15 is 0 Å². The van der Waals surface area contributed by atoms with E-state index < -0.39 is 0 Å². The van der Waals surface area contributed by atoms with E-state index in [-0.39, 0.29) is 5.91 Å². The van der Waals surface area contributed by atoms with Crippen molar-refractivity contribution in [3.8, 4) is 5.69 Å². The Labute approximate surface area is 153 Å². The Morgan fingerprint density at radius 3 is 2.79 bits per heavy atom. The van der Waals surface area contributed by atoms with Gasteiger partial charge in [0.05, 0.1) is 5.75 Å². The molecular formula is C18H16BrN3OS. The van der Waals surface area contributed by atoms with Crippen LogP contribution < -0.4 is 5.32 Å². The number of carbonyl (C=O) groups is 1. The van der Waals surface area contributed by atoms with Gasteiger partial charge in [0.1, 0.15) is 0 Å². The molecule has 0 saturated carbocycles. The first-order valence-corrected chi connectivity index (χ1v) is 9.18. The van der Waals surface area contributed by atoms with E-state index in [2.05, 4.69) is 45.3 Å². The van der Waals surface area contributed by atoms with Crippen LogP contribution in [0.1, 0.15) is 5.56 Å². The molecule has 2 aromatic carbocycles. The lowest BCUT2D eigenvalue weighted by atomic mass is 10.2. The van der Waals surface area contributed by atoms with Gasteiger partial charge in [0, 0.05) is 28.2 Å². The topological polar surface area (TPSA) is 46.9 Å². The zero-order valence-corrected chi connectivity index (χ0v) is 15.5. The molecule has 3 aromatic rings. The number of carbonyl (C=O) groups excluding carboxylic acids is 1. The average molecular weight is 402 g/mol. The van der Waals surface area contributed by atoms with Crippen LogP contribution in [-0.2, 0) is 4.79 Å². The van der Waals surface area contributed by atoms with E-state index in [0.717, 1.165) is 21.0 Å². The minimum Gasteiger partial charge on any atom is -0.325 e. The van der Waals surface area contributed by atoms with Gasteiger partial charge in [-0.05, 0) is 48.9 Å². The predicted molar refractivity (Wildman–Crippen MR) is 102 cm³/mol. The first-order chi connectivity index (χ1) is 11.6. The molecule has 0 radical (unpaired) electrons. The Balaban J connectivity index is 1.64. The monoisotopic (exact) mass is 401 g/mol. The molecular weight excluding hydrogens is 386 g/mol. The van der Waals surface area contributed by atoms with Gasteiger partial charge in [0.2, 0.25) is 5.91 Å². The van der Waals surface area contributed by atoms with Crippen molar-refractivity contribution in [1.82, 2.24) is 9.55 Å². The Morgan fingerprint density at radius 2 is 2.04 bits per heavy atom. The second-order valence-electron chi connectivity index (χ2n) is 5.26. The lowest BCUT2D eigenvalue weighted by Gasteiger charge is -2.09. The number of aromatic nitrogens is 2. The molecule has 1 N–H and O–H groups in total. The number of anilines is 1. The van der Waals surface area contributed by atoms with Crippen molar-refractivity contribution >= 4 is 39.3 Å². The van der Waals surface area contributed by atoms with Gasteiger partial charge in [-0.3, -0.25) is 9.36 Å². The van der Waals surface area contributed by atoms with Crippen LogP contribution in [0.4, 0.5) is 5.69 Å². The van der Waals surface area contributed by atoms with Gasteiger partial charge in [0.15, 0.2) is 5.16 Å². The van der Waals surface area contributed by atoms with Crippen molar-refractivity contribution < 1.29 is 4.79 Å². The zero-order valence-electron chi connectivity index (χ0n) is 13.1. The van der Waals surface area contributed by atoms with Crippen LogP contribution >= 0.6 is 27.7 Å². The molecule has 3 rings (SSSR count). The Morgan fingerprint density at radius 1 is 1.25 bits per heavy atom. The summed E-state index contributed by atoms with van der Waals surface area (Å²) in [6.07, 6.45) is 3.65. The maximum atomic E-state index is 12.1. The molecule has 0 aliphatic heterocycles. The molecule has 0 fully saturated rings. The van der Waals surface area contributed by atoms with Crippen molar-refractivity contribution in [3.05, 3.63) is 71.0 Å². The summed E-state index contributed by atoms with van der Waals surface area (Å²) in [5.41, 5.74) is 3.01. The molecule has 0 atom stereocenters. The highest BCUT2D eigenvalue weighted by Crippen LogP contribution is 2.21. The Hall–Kier alpha value is -2.05. The van der Waals surface area contributed by atoms with Gasteiger partial charge in [-0.15, -0.1) is 0 Å². The van der Waals surface area contributed by atoms with E-state index in [1.54, 1.807) is 6.20 Å². The van der Waals surface area contributed by atoms with Gasteiger partial charge in [-0.25, -0.2) is 4.98 Å². The number of aryl methyl sites for hydroxylation is 1. The summed E-state index contributed by atoms with van der Waals surface area (Å²) < 4.78 is 2.97. The molecule has 1 heterocycles. The molecule has 0 spiro atoms. The fraction of sp³-hybridized carbons (Fsp3) is 0.111. The largest absolute Gasteiger partial charge is 0.325 e. The highest BCUT2D eigenvalue weighted by Gasteiger charge is 2.09. The van der Waals surface area contributed by atoms with E-state index in [9.17, 15) is 4.79 Å². The smallest absolute Gasteiger partial charge is 0.234 e. The second-order valence-corrected chi connectivity index (χ2v) is 7.12. The van der Waals surface area contributed by atoms with Crippen LogP contribution in [0.2, 0.25) is 0 Å². The number of hydrogen-bond donors (Lipinski definition) is 1.